The van der Waals surface area contributed by atoms with Crippen molar-refractivity contribution in [2.45, 2.75) is 65.6 Å². The van der Waals surface area contributed by atoms with Crippen molar-refractivity contribution >= 4 is 35.3 Å². The van der Waals surface area contributed by atoms with Crippen LogP contribution in [0.1, 0.15) is 47.0 Å². The van der Waals surface area contributed by atoms with Crippen LogP contribution in [0, 0.1) is 5.92 Å². The van der Waals surface area contributed by atoms with E-state index in [0.717, 1.165) is 4.57 Å². The summed E-state index contributed by atoms with van der Waals surface area (Å²) in [5.41, 5.74) is -0.739. The number of allylic oxidation sites excluding steroid dienone is 1. The Labute approximate surface area is 215 Å². The smallest absolute Gasteiger partial charge is 0.330 e. The van der Waals surface area contributed by atoms with E-state index in [2.05, 4.69) is 16.0 Å². The normalized spacial score (nSPS) is 13.2. The van der Waals surface area contributed by atoms with E-state index < -0.39 is 47.3 Å². The fraction of sp³-hybridized carbons (Fsp3) is 0.520. The van der Waals surface area contributed by atoms with Crippen LogP contribution in [0.2, 0.25) is 0 Å². The van der Waals surface area contributed by atoms with Gasteiger partial charge in [-0.3, -0.25) is 19.2 Å². The van der Waals surface area contributed by atoms with Crippen LogP contribution in [0.3, 0.4) is 0 Å². The molecule has 3 atom stereocenters. The SMILES string of the molecule is CCOC(=O)/C=C/CC[C@H](NC(C)=O)C(=O)Nc1cccn(CC(=O)N[C@H](C(=O)OC)C(C)CC)c1=O. The number of hydrogen-bond donors (Lipinski definition) is 3. The molecule has 0 saturated carbocycles. The Bertz CT molecular complexity index is 1050. The molecule has 0 aliphatic rings. The molecular formula is C25H36N4O8. The van der Waals surface area contributed by atoms with Gasteiger partial charge < -0.3 is 30.0 Å². The van der Waals surface area contributed by atoms with Crippen molar-refractivity contribution in [3.05, 3.63) is 40.8 Å². The summed E-state index contributed by atoms with van der Waals surface area (Å²) in [6.07, 6.45) is 5.20. The molecule has 3 N–H and O–H groups in total. The largest absolute Gasteiger partial charge is 0.467 e. The fourth-order valence-corrected chi connectivity index (χ4v) is 3.29. The quantitative estimate of drug-likeness (QED) is 0.241. The maximum Gasteiger partial charge on any atom is 0.330 e. The summed E-state index contributed by atoms with van der Waals surface area (Å²) >= 11 is 0. The highest BCUT2D eigenvalue weighted by Gasteiger charge is 2.27. The van der Waals surface area contributed by atoms with E-state index in [-0.39, 0.29) is 37.6 Å². The van der Waals surface area contributed by atoms with Crippen LogP contribution in [0.25, 0.3) is 0 Å². The lowest BCUT2D eigenvalue weighted by Crippen LogP contribution is -2.47. The lowest BCUT2D eigenvalue weighted by Gasteiger charge is -2.22. The molecule has 1 aromatic heterocycles. The zero-order valence-corrected chi connectivity index (χ0v) is 21.9. The lowest BCUT2D eigenvalue weighted by atomic mass is 9.99. The summed E-state index contributed by atoms with van der Waals surface area (Å²) in [4.78, 5) is 73.2. The van der Waals surface area contributed by atoms with Crippen LogP contribution in [0.15, 0.2) is 35.3 Å². The molecule has 0 spiro atoms. The molecule has 204 valence electrons. The van der Waals surface area contributed by atoms with Crippen LogP contribution in [-0.2, 0) is 40.0 Å². The number of nitrogens with one attached hydrogen (secondary N) is 3. The van der Waals surface area contributed by atoms with E-state index in [9.17, 15) is 28.8 Å². The van der Waals surface area contributed by atoms with Gasteiger partial charge in [0, 0.05) is 19.2 Å². The summed E-state index contributed by atoms with van der Waals surface area (Å²) in [6.45, 7) is 6.44. The van der Waals surface area contributed by atoms with Gasteiger partial charge in [0.15, 0.2) is 0 Å². The number of esters is 2. The first kappa shape index (κ1) is 31.1. The van der Waals surface area contributed by atoms with Crippen molar-refractivity contribution in [2.75, 3.05) is 19.0 Å². The number of aromatic nitrogens is 1. The second-order valence-corrected chi connectivity index (χ2v) is 8.28. The highest BCUT2D eigenvalue weighted by atomic mass is 16.5. The molecule has 0 aliphatic carbocycles. The molecule has 0 bridgehead atoms. The Hall–Kier alpha value is -3.96. The number of pyridine rings is 1. The lowest BCUT2D eigenvalue weighted by molar-refractivity contribution is -0.146. The van der Waals surface area contributed by atoms with Gasteiger partial charge in [-0.25, -0.2) is 9.59 Å². The average Bonchev–Trinajstić information content (AvgIpc) is 2.85. The Kier molecular flexibility index (Phi) is 13.4. The summed E-state index contributed by atoms with van der Waals surface area (Å²) in [5.74, 6) is -2.95. The number of ether oxygens (including phenoxy) is 2. The Morgan fingerprint density at radius 3 is 2.43 bits per heavy atom. The van der Waals surface area contributed by atoms with Crippen LogP contribution in [-0.4, -0.2) is 60.0 Å². The molecule has 0 radical (unpaired) electrons. The van der Waals surface area contributed by atoms with Gasteiger partial charge in [-0.15, -0.1) is 0 Å². The van der Waals surface area contributed by atoms with Gasteiger partial charge in [0.25, 0.3) is 5.56 Å². The molecule has 0 saturated heterocycles. The van der Waals surface area contributed by atoms with Gasteiger partial charge in [0.05, 0.1) is 13.7 Å². The van der Waals surface area contributed by atoms with Crippen molar-refractivity contribution in [2.24, 2.45) is 5.92 Å². The van der Waals surface area contributed by atoms with Crippen LogP contribution in [0.5, 0.6) is 0 Å². The van der Waals surface area contributed by atoms with E-state index in [0.29, 0.717) is 6.42 Å². The summed E-state index contributed by atoms with van der Waals surface area (Å²) < 4.78 is 10.6. The number of carbonyl (C=O) groups excluding carboxylic acids is 5. The van der Waals surface area contributed by atoms with E-state index in [1.165, 1.54) is 44.5 Å². The molecular weight excluding hydrogens is 484 g/mol. The second-order valence-electron chi connectivity index (χ2n) is 8.28. The van der Waals surface area contributed by atoms with Crippen molar-refractivity contribution in [1.29, 1.82) is 0 Å². The summed E-state index contributed by atoms with van der Waals surface area (Å²) in [6, 6.07) is 1.01. The first-order valence-electron chi connectivity index (χ1n) is 12.0. The van der Waals surface area contributed by atoms with Gasteiger partial charge >= 0.3 is 11.9 Å². The highest BCUT2D eigenvalue weighted by molar-refractivity contribution is 5.96. The van der Waals surface area contributed by atoms with Crippen molar-refractivity contribution in [3.8, 4) is 0 Å². The summed E-state index contributed by atoms with van der Waals surface area (Å²) in [5, 5.41) is 7.59. The Morgan fingerprint density at radius 2 is 1.84 bits per heavy atom. The zero-order chi connectivity index (χ0) is 28.0. The van der Waals surface area contributed by atoms with E-state index >= 15 is 0 Å². The standard InChI is InChI=1S/C25H36N4O8/c1-6-16(3)22(25(35)36-5)28-20(31)15-29-14-10-12-19(24(29)34)27-23(33)18(26-17(4)30)11-8-9-13-21(32)37-7-2/h9-10,12-14,16,18,22H,6-8,11,15H2,1-5H3,(H,26,30)(H,27,33)(H,28,31)/b13-9+/t16?,18-,22-/m0/s1. The van der Waals surface area contributed by atoms with Crippen molar-refractivity contribution < 1.29 is 33.4 Å². The molecule has 1 aromatic rings. The molecule has 12 heteroatoms. The third-order valence-electron chi connectivity index (χ3n) is 5.43. The third-order valence-corrected chi connectivity index (χ3v) is 5.43. The van der Waals surface area contributed by atoms with Crippen molar-refractivity contribution in [3.63, 3.8) is 0 Å². The number of hydrogen-bond acceptors (Lipinski definition) is 8. The maximum absolute atomic E-state index is 12.9. The van der Waals surface area contributed by atoms with E-state index in [1.54, 1.807) is 13.8 Å². The van der Waals surface area contributed by atoms with Gasteiger partial charge in [0.1, 0.15) is 24.3 Å². The molecule has 3 amide bonds. The summed E-state index contributed by atoms with van der Waals surface area (Å²) in [7, 11) is 1.23. The van der Waals surface area contributed by atoms with Crippen LogP contribution >= 0.6 is 0 Å². The molecule has 1 rings (SSSR count). The fourth-order valence-electron chi connectivity index (χ4n) is 3.29. The molecule has 0 aromatic carbocycles. The van der Waals surface area contributed by atoms with Crippen LogP contribution < -0.4 is 21.5 Å². The third kappa shape index (κ3) is 10.7. The van der Waals surface area contributed by atoms with Gasteiger partial charge in [-0.1, -0.05) is 26.3 Å². The predicted octanol–water partition coefficient (Wildman–Crippen LogP) is 0.895. The second kappa shape index (κ2) is 15.9. The number of amides is 3. The predicted molar refractivity (Wildman–Crippen MR) is 135 cm³/mol. The Morgan fingerprint density at radius 1 is 1.14 bits per heavy atom. The topological polar surface area (TPSA) is 162 Å². The highest BCUT2D eigenvalue weighted by Crippen LogP contribution is 2.10. The van der Waals surface area contributed by atoms with Crippen molar-refractivity contribution in [1.82, 2.24) is 15.2 Å². The number of nitrogens with zero attached hydrogens (tertiary/aromatic N) is 1. The minimum atomic E-state index is -0.975. The number of carbonyl (C=O) groups is 5. The molecule has 12 nitrogen and oxygen atoms in total. The van der Waals surface area contributed by atoms with Gasteiger partial charge in [0.2, 0.25) is 17.7 Å². The minimum absolute atomic E-state index is 0.0934. The monoisotopic (exact) mass is 520 g/mol. The van der Waals surface area contributed by atoms with Gasteiger partial charge in [-0.2, -0.15) is 0 Å². The van der Waals surface area contributed by atoms with E-state index in [1.807, 2.05) is 6.92 Å². The molecule has 1 unspecified atom stereocenters. The molecule has 0 aliphatic heterocycles. The maximum atomic E-state index is 12.9. The van der Waals surface area contributed by atoms with Gasteiger partial charge in [-0.05, 0) is 37.8 Å². The van der Waals surface area contributed by atoms with Crippen LogP contribution in [0.4, 0.5) is 5.69 Å². The number of rotatable bonds is 14. The zero-order valence-electron chi connectivity index (χ0n) is 21.9. The van der Waals surface area contributed by atoms with E-state index in [4.69, 9.17) is 9.47 Å². The number of methoxy groups -OCH3 is 1. The first-order chi connectivity index (χ1) is 17.5. The first-order valence-corrected chi connectivity index (χ1v) is 12.0. The Balaban J connectivity index is 2.93. The minimum Gasteiger partial charge on any atom is -0.467 e. The molecule has 0 fully saturated rings. The molecule has 1 heterocycles. The number of anilines is 1. The molecule has 37 heavy (non-hydrogen) atoms. The average molecular weight is 521 g/mol.